The summed E-state index contributed by atoms with van der Waals surface area (Å²) >= 11 is 0. The van der Waals surface area contributed by atoms with Crippen molar-refractivity contribution in [3.63, 3.8) is 0 Å². The fourth-order valence-corrected chi connectivity index (χ4v) is 2.14. The molecule has 1 heterocycles. The molecular formula is C17H14N2O2. The Balaban J connectivity index is 2.13. The molecule has 0 spiro atoms. The predicted octanol–water partition coefficient (Wildman–Crippen LogP) is 3.52. The smallest absolute Gasteiger partial charge is 0.345 e. The molecule has 0 bridgehead atoms. The lowest BCUT2D eigenvalue weighted by Gasteiger charge is -2.04. The lowest BCUT2D eigenvalue weighted by atomic mass is 10.1. The van der Waals surface area contributed by atoms with Crippen molar-refractivity contribution in [2.75, 3.05) is 5.73 Å². The third kappa shape index (κ3) is 2.56. The highest BCUT2D eigenvalue weighted by atomic mass is 16.4. The molecule has 0 fully saturated rings. The minimum Gasteiger partial charge on any atom is -0.422 e. The van der Waals surface area contributed by atoms with Crippen LogP contribution in [-0.2, 0) is 0 Å². The molecule has 0 aliphatic heterocycles. The van der Waals surface area contributed by atoms with Gasteiger partial charge in [0.2, 0.25) is 0 Å². The predicted molar refractivity (Wildman–Crippen MR) is 85.2 cm³/mol. The number of para-hydroxylation sites is 3. The molecule has 0 unspecified atom stereocenters. The lowest BCUT2D eigenvalue weighted by Crippen LogP contribution is -2.11. The third-order valence-corrected chi connectivity index (χ3v) is 3.26. The fraction of sp³-hybridized carbons (Fsp3) is 0.0588. The topological polar surface area (TPSA) is 68.6 Å². The summed E-state index contributed by atoms with van der Waals surface area (Å²) in [5, 5.41) is 0.864. The van der Waals surface area contributed by atoms with E-state index >= 15 is 0 Å². The standard InChI is InChI=1S/C17H14N2O2/c1-11(19-15-8-4-3-7-14(15)18)13-10-12-6-2-5-9-16(12)21-17(13)20/h2-10H,18H2,1H3. The number of rotatable bonds is 2. The van der Waals surface area contributed by atoms with E-state index in [1.807, 2.05) is 36.4 Å². The quantitative estimate of drug-likeness (QED) is 0.443. The van der Waals surface area contributed by atoms with Gasteiger partial charge in [0.05, 0.1) is 22.6 Å². The maximum absolute atomic E-state index is 12.1. The van der Waals surface area contributed by atoms with Gasteiger partial charge in [-0.3, -0.25) is 4.99 Å². The zero-order valence-corrected chi connectivity index (χ0v) is 11.5. The van der Waals surface area contributed by atoms with Crippen molar-refractivity contribution in [1.29, 1.82) is 0 Å². The molecule has 21 heavy (non-hydrogen) atoms. The molecule has 0 amide bonds. The van der Waals surface area contributed by atoms with Crippen molar-refractivity contribution in [1.82, 2.24) is 0 Å². The van der Waals surface area contributed by atoms with E-state index in [2.05, 4.69) is 4.99 Å². The lowest BCUT2D eigenvalue weighted by molar-refractivity contribution is 0.559. The van der Waals surface area contributed by atoms with Crippen molar-refractivity contribution in [3.8, 4) is 0 Å². The number of nitrogen functional groups attached to an aromatic ring is 1. The number of anilines is 1. The van der Waals surface area contributed by atoms with Crippen LogP contribution in [0.3, 0.4) is 0 Å². The van der Waals surface area contributed by atoms with E-state index in [0.717, 1.165) is 5.39 Å². The highest BCUT2D eigenvalue weighted by Crippen LogP contribution is 2.22. The Labute approximate surface area is 121 Å². The van der Waals surface area contributed by atoms with Gasteiger partial charge in [0.25, 0.3) is 0 Å². The van der Waals surface area contributed by atoms with E-state index in [1.54, 1.807) is 25.1 Å². The minimum atomic E-state index is -0.399. The molecule has 3 rings (SSSR count). The van der Waals surface area contributed by atoms with E-state index in [9.17, 15) is 4.79 Å². The SMILES string of the molecule is CC(=Nc1ccccc1N)c1cc2ccccc2oc1=O. The first-order chi connectivity index (χ1) is 10.1. The molecule has 2 N–H and O–H groups in total. The summed E-state index contributed by atoms with van der Waals surface area (Å²) in [6.45, 7) is 1.77. The molecule has 0 aliphatic rings. The van der Waals surface area contributed by atoms with E-state index in [4.69, 9.17) is 10.2 Å². The Hall–Kier alpha value is -2.88. The monoisotopic (exact) mass is 278 g/mol. The average Bonchev–Trinajstić information content (AvgIpc) is 2.49. The second kappa shape index (κ2) is 5.25. The van der Waals surface area contributed by atoms with E-state index < -0.39 is 5.63 Å². The van der Waals surface area contributed by atoms with E-state index in [-0.39, 0.29) is 0 Å². The Bertz CT molecular complexity index is 894. The van der Waals surface area contributed by atoms with Crippen LogP contribution in [-0.4, -0.2) is 5.71 Å². The van der Waals surface area contributed by atoms with Gasteiger partial charge in [-0.15, -0.1) is 0 Å². The Kier molecular flexibility index (Phi) is 3.28. The Morgan fingerprint density at radius 2 is 1.81 bits per heavy atom. The molecule has 4 nitrogen and oxygen atoms in total. The highest BCUT2D eigenvalue weighted by molar-refractivity contribution is 6.02. The van der Waals surface area contributed by atoms with Crippen molar-refractivity contribution >= 4 is 28.1 Å². The maximum Gasteiger partial charge on any atom is 0.345 e. The van der Waals surface area contributed by atoms with Gasteiger partial charge in [-0.05, 0) is 31.2 Å². The number of hydrogen-bond donors (Lipinski definition) is 1. The molecule has 2 aromatic carbocycles. The van der Waals surface area contributed by atoms with Crippen LogP contribution >= 0.6 is 0 Å². The van der Waals surface area contributed by atoms with E-state index in [1.165, 1.54) is 0 Å². The molecule has 0 atom stereocenters. The van der Waals surface area contributed by atoms with Gasteiger partial charge in [0.1, 0.15) is 5.58 Å². The van der Waals surface area contributed by atoms with Gasteiger partial charge >= 0.3 is 5.63 Å². The minimum absolute atomic E-state index is 0.399. The second-order valence-corrected chi connectivity index (χ2v) is 4.74. The Morgan fingerprint density at radius 3 is 2.62 bits per heavy atom. The van der Waals surface area contributed by atoms with Crippen molar-refractivity contribution in [2.24, 2.45) is 4.99 Å². The molecule has 4 heteroatoms. The van der Waals surface area contributed by atoms with Crippen LogP contribution in [0.25, 0.3) is 11.0 Å². The molecule has 0 radical (unpaired) electrons. The number of aliphatic imine (C=N–C) groups is 1. The summed E-state index contributed by atoms with van der Waals surface area (Å²) in [5.74, 6) is 0. The van der Waals surface area contributed by atoms with Gasteiger partial charge in [0.15, 0.2) is 0 Å². The summed E-state index contributed by atoms with van der Waals surface area (Å²) in [7, 11) is 0. The number of hydrogen-bond acceptors (Lipinski definition) is 4. The number of nitrogens with zero attached hydrogens (tertiary/aromatic N) is 1. The van der Waals surface area contributed by atoms with Gasteiger partial charge in [-0.2, -0.15) is 0 Å². The number of benzene rings is 2. The van der Waals surface area contributed by atoms with Crippen LogP contribution in [0.15, 0.2) is 68.8 Å². The first-order valence-corrected chi connectivity index (χ1v) is 6.58. The van der Waals surface area contributed by atoms with Crippen molar-refractivity contribution in [3.05, 3.63) is 70.6 Å². The van der Waals surface area contributed by atoms with Crippen LogP contribution in [0, 0.1) is 0 Å². The molecule has 0 saturated carbocycles. The van der Waals surface area contributed by atoms with Crippen molar-refractivity contribution < 1.29 is 4.42 Å². The van der Waals surface area contributed by atoms with Crippen LogP contribution in [0.4, 0.5) is 11.4 Å². The van der Waals surface area contributed by atoms with Crippen LogP contribution < -0.4 is 11.4 Å². The molecule has 0 aliphatic carbocycles. The number of nitrogens with two attached hydrogens (primary N) is 1. The molecular weight excluding hydrogens is 264 g/mol. The van der Waals surface area contributed by atoms with Crippen molar-refractivity contribution in [2.45, 2.75) is 6.92 Å². The van der Waals surface area contributed by atoms with Gasteiger partial charge < -0.3 is 10.2 Å². The van der Waals surface area contributed by atoms with Gasteiger partial charge in [0, 0.05) is 5.39 Å². The fourth-order valence-electron chi connectivity index (χ4n) is 2.14. The highest BCUT2D eigenvalue weighted by Gasteiger charge is 2.08. The largest absolute Gasteiger partial charge is 0.422 e. The second-order valence-electron chi connectivity index (χ2n) is 4.74. The number of fused-ring (bicyclic) bond motifs is 1. The van der Waals surface area contributed by atoms with E-state index in [0.29, 0.717) is 28.2 Å². The zero-order valence-electron chi connectivity index (χ0n) is 11.5. The summed E-state index contributed by atoms with van der Waals surface area (Å²) in [5.41, 5.74) is 8.27. The van der Waals surface area contributed by atoms with Gasteiger partial charge in [-0.25, -0.2) is 4.79 Å². The summed E-state index contributed by atoms with van der Waals surface area (Å²) < 4.78 is 5.31. The summed E-state index contributed by atoms with van der Waals surface area (Å²) in [6.07, 6.45) is 0. The molecule has 104 valence electrons. The van der Waals surface area contributed by atoms with Crippen LogP contribution in [0.1, 0.15) is 12.5 Å². The molecule has 3 aromatic rings. The van der Waals surface area contributed by atoms with Gasteiger partial charge in [-0.1, -0.05) is 30.3 Å². The maximum atomic E-state index is 12.1. The summed E-state index contributed by atoms with van der Waals surface area (Å²) in [6, 6.07) is 16.5. The van der Waals surface area contributed by atoms with Crippen LogP contribution in [0.5, 0.6) is 0 Å². The first kappa shape index (κ1) is 13.1. The average molecular weight is 278 g/mol. The molecule has 1 aromatic heterocycles. The normalized spacial score (nSPS) is 11.8. The third-order valence-electron chi connectivity index (χ3n) is 3.26. The summed E-state index contributed by atoms with van der Waals surface area (Å²) in [4.78, 5) is 16.5. The Morgan fingerprint density at radius 1 is 1.10 bits per heavy atom. The molecule has 0 saturated heterocycles. The van der Waals surface area contributed by atoms with Crippen LogP contribution in [0.2, 0.25) is 0 Å². The zero-order chi connectivity index (χ0) is 14.8. The first-order valence-electron chi connectivity index (χ1n) is 6.58.